The quantitative estimate of drug-likeness (QED) is 0.588. The van der Waals surface area contributed by atoms with Crippen molar-refractivity contribution in [2.75, 3.05) is 5.73 Å². The van der Waals surface area contributed by atoms with Gasteiger partial charge in [-0.1, -0.05) is 0 Å². The van der Waals surface area contributed by atoms with E-state index in [0.717, 1.165) is 0 Å². The molecule has 0 fully saturated rings. The van der Waals surface area contributed by atoms with Crippen LogP contribution in [-0.4, -0.2) is 29.7 Å². The van der Waals surface area contributed by atoms with Gasteiger partial charge in [0.05, 0.1) is 6.26 Å². The van der Waals surface area contributed by atoms with Crippen molar-refractivity contribution in [2.45, 2.75) is 0 Å². The van der Waals surface area contributed by atoms with E-state index in [9.17, 15) is 0 Å². The molecule has 104 valence electrons. The Morgan fingerprint density at radius 2 is 2.10 bits per heavy atom. The SMILES string of the molecule is Nc1nc(Oc2ccon2)nc2nc(-c3ccco3)nn12. The van der Waals surface area contributed by atoms with Crippen LogP contribution in [0.15, 0.2) is 39.7 Å². The van der Waals surface area contributed by atoms with E-state index in [0.29, 0.717) is 11.6 Å². The Kier molecular flexibility index (Phi) is 2.33. The number of ether oxygens (including phenoxy) is 1. The molecule has 0 aliphatic rings. The van der Waals surface area contributed by atoms with Gasteiger partial charge in [-0.25, -0.2) is 0 Å². The number of hydrogen-bond donors (Lipinski definition) is 1. The lowest BCUT2D eigenvalue weighted by atomic mass is 10.4. The topological polar surface area (TPSA) is 130 Å². The van der Waals surface area contributed by atoms with Crippen LogP contribution in [0.1, 0.15) is 0 Å². The summed E-state index contributed by atoms with van der Waals surface area (Å²) in [7, 11) is 0. The highest BCUT2D eigenvalue weighted by Gasteiger charge is 2.15. The highest BCUT2D eigenvalue weighted by atomic mass is 16.5. The van der Waals surface area contributed by atoms with E-state index in [2.05, 4.69) is 29.7 Å². The Morgan fingerprint density at radius 1 is 1.14 bits per heavy atom. The Bertz CT molecular complexity index is 882. The standard InChI is InChI=1S/C11H7N7O3/c12-9-14-11(21-7-3-5-20-17-7)15-10-13-8(16-18(9)10)6-2-1-4-19-6/h1-5H,(H2,12,13,14,15,16). The second-order valence-corrected chi connectivity index (χ2v) is 3.93. The van der Waals surface area contributed by atoms with Gasteiger partial charge in [0.1, 0.15) is 6.26 Å². The molecule has 4 aromatic heterocycles. The first-order valence-electron chi connectivity index (χ1n) is 5.82. The molecule has 2 N–H and O–H groups in total. The Labute approximate surface area is 116 Å². The highest BCUT2D eigenvalue weighted by Crippen LogP contribution is 2.20. The van der Waals surface area contributed by atoms with Gasteiger partial charge in [0.15, 0.2) is 5.76 Å². The van der Waals surface area contributed by atoms with E-state index in [-0.39, 0.29) is 23.6 Å². The van der Waals surface area contributed by atoms with Gasteiger partial charge in [-0.05, 0) is 17.3 Å². The molecule has 0 bridgehead atoms. The number of nitrogens with zero attached hydrogens (tertiary/aromatic N) is 6. The third-order valence-corrected chi connectivity index (χ3v) is 2.56. The normalized spacial score (nSPS) is 11.0. The largest absolute Gasteiger partial charge is 0.461 e. The van der Waals surface area contributed by atoms with Gasteiger partial charge in [-0.3, -0.25) is 0 Å². The predicted octanol–water partition coefficient (Wildman–Crippen LogP) is 1.14. The molecule has 0 aliphatic heterocycles. The van der Waals surface area contributed by atoms with Gasteiger partial charge in [0, 0.05) is 6.07 Å². The summed E-state index contributed by atoms with van der Waals surface area (Å²) in [5, 5.41) is 7.76. The Balaban J connectivity index is 1.78. The van der Waals surface area contributed by atoms with Crippen molar-refractivity contribution >= 4 is 11.7 Å². The van der Waals surface area contributed by atoms with Crippen LogP contribution >= 0.6 is 0 Å². The fourth-order valence-corrected chi connectivity index (χ4v) is 1.69. The van der Waals surface area contributed by atoms with Gasteiger partial charge in [-0.15, -0.1) is 5.10 Å². The molecule has 4 rings (SSSR count). The molecule has 0 aliphatic carbocycles. The fraction of sp³-hybridized carbons (Fsp3) is 0. The number of nitrogen functional groups attached to an aromatic ring is 1. The molecule has 10 heteroatoms. The average Bonchev–Trinajstić information content (AvgIpc) is 3.19. The summed E-state index contributed by atoms with van der Waals surface area (Å²) < 4.78 is 16.5. The van der Waals surface area contributed by atoms with Crippen LogP contribution in [0.4, 0.5) is 5.95 Å². The molecule has 0 saturated heterocycles. The second-order valence-electron chi connectivity index (χ2n) is 3.93. The maximum atomic E-state index is 5.81. The van der Waals surface area contributed by atoms with Crippen LogP contribution < -0.4 is 10.5 Å². The summed E-state index contributed by atoms with van der Waals surface area (Å²) in [6, 6.07) is 4.97. The van der Waals surface area contributed by atoms with Crippen LogP contribution in [0.2, 0.25) is 0 Å². The number of rotatable bonds is 3. The number of fused-ring (bicyclic) bond motifs is 1. The van der Waals surface area contributed by atoms with Crippen molar-refractivity contribution in [1.82, 2.24) is 29.7 Å². The molecule has 0 radical (unpaired) electrons. The first kappa shape index (κ1) is 11.4. The molecule has 0 atom stereocenters. The monoisotopic (exact) mass is 285 g/mol. The molecule has 0 saturated carbocycles. The molecule has 0 unspecified atom stereocenters. The van der Waals surface area contributed by atoms with Crippen molar-refractivity contribution in [3.05, 3.63) is 30.7 Å². The summed E-state index contributed by atoms with van der Waals surface area (Å²) >= 11 is 0. The third-order valence-electron chi connectivity index (χ3n) is 2.56. The molecule has 21 heavy (non-hydrogen) atoms. The Morgan fingerprint density at radius 3 is 2.86 bits per heavy atom. The molecule has 0 spiro atoms. The molecule has 10 nitrogen and oxygen atoms in total. The van der Waals surface area contributed by atoms with Crippen LogP contribution in [0, 0.1) is 0 Å². The van der Waals surface area contributed by atoms with E-state index in [4.69, 9.17) is 14.9 Å². The number of anilines is 1. The lowest BCUT2D eigenvalue weighted by Crippen LogP contribution is -2.05. The highest BCUT2D eigenvalue weighted by molar-refractivity contribution is 5.51. The van der Waals surface area contributed by atoms with Crippen molar-refractivity contribution in [3.8, 4) is 23.5 Å². The van der Waals surface area contributed by atoms with Crippen molar-refractivity contribution in [2.24, 2.45) is 0 Å². The van der Waals surface area contributed by atoms with E-state index >= 15 is 0 Å². The van der Waals surface area contributed by atoms with Crippen molar-refractivity contribution in [1.29, 1.82) is 0 Å². The van der Waals surface area contributed by atoms with Gasteiger partial charge in [0.25, 0.3) is 11.7 Å². The first-order valence-corrected chi connectivity index (χ1v) is 5.82. The zero-order chi connectivity index (χ0) is 14.2. The number of aromatic nitrogens is 6. The number of nitrogens with two attached hydrogens (primary N) is 1. The minimum absolute atomic E-state index is 0.00713. The van der Waals surface area contributed by atoms with E-state index in [1.54, 1.807) is 12.1 Å². The summed E-state index contributed by atoms with van der Waals surface area (Å²) in [6.45, 7) is 0. The van der Waals surface area contributed by atoms with Crippen LogP contribution in [0.5, 0.6) is 11.9 Å². The second kappa shape index (κ2) is 4.30. The molecule has 4 aromatic rings. The first-order chi connectivity index (χ1) is 10.3. The zero-order valence-corrected chi connectivity index (χ0v) is 10.4. The zero-order valence-electron chi connectivity index (χ0n) is 10.4. The van der Waals surface area contributed by atoms with Crippen molar-refractivity contribution in [3.63, 3.8) is 0 Å². The van der Waals surface area contributed by atoms with E-state index in [1.165, 1.54) is 23.1 Å². The summed E-state index contributed by atoms with van der Waals surface area (Å²) in [6.07, 6.45) is 2.89. The van der Waals surface area contributed by atoms with Gasteiger partial charge < -0.3 is 19.4 Å². The molecule has 0 amide bonds. The molecule has 0 aromatic carbocycles. The molecular weight excluding hydrogens is 278 g/mol. The van der Waals surface area contributed by atoms with Gasteiger partial charge >= 0.3 is 6.01 Å². The maximum Gasteiger partial charge on any atom is 0.330 e. The lowest BCUT2D eigenvalue weighted by Gasteiger charge is -2.00. The summed E-state index contributed by atoms with van der Waals surface area (Å²) in [4.78, 5) is 12.3. The number of hydrogen-bond acceptors (Lipinski definition) is 9. The van der Waals surface area contributed by atoms with Crippen LogP contribution in [0.3, 0.4) is 0 Å². The Hall–Kier alpha value is -3.43. The maximum absolute atomic E-state index is 5.81. The van der Waals surface area contributed by atoms with Crippen LogP contribution in [0.25, 0.3) is 17.4 Å². The van der Waals surface area contributed by atoms with Gasteiger partial charge in [0.2, 0.25) is 11.8 Å². The van der Waals surface area contributed by atoms with E-state index < -0.39 is 0 Å². The third kappa shape index (κ3) is 1.94. The average molecular weight is 285 g/mol. The summed E-state index contributed by atoms with van der Waals surface area (Å²) in [5.41, 5.74) is 5.81. The van der Waals surface area contributed by atoms with Gasteiger partial charge in [-0.2, -0.15) is 19.5 Å². The summed E-state index contributed by atoms with van der Waals surface area (Å²) in [5.74, 6) is 1.36. The van der Waals surface area contributed by atoms with E-state index in [1.807, 2.05) is 0 Å². The van der Waals surface area contributed by atoms with Crippen LogP contribution in [-0.2, 0) is 0 Å². The molecule has 4 heterocycles. The van der Waals surface area contributed by atoms with Crippen molar-refractivity contribution < 1.29 is 13.7 Å². The number of furan rings is 1. The lowest BCUT2D eigenvalue weighted by molar-refractivity contribution is 0.354. The fourth-order valence-electron chi connectivity index (χ4n) is 1.69. The minimum atomic E-state index is -0.00713. The smallest absolute Gasteiger partial charge is 0.330 e. The predicted molar refractivity (Wildman–Crippen MR) is 67.3 cm³/mol. The minimum Gasteiger partial charge on any atom is -0.461 e. The molecular formula is C11H7N7O3.